The second-order valence-electron chi connectivity index (χ2n) is 2.52. The van der Waals surface area contributed by atoms with Gasteiger partial charge in [0.05, 0.1) is 3.57 Å². The summed E-state index contributed by atoms with van der Waals surface area (Å²) >= 11 is 1.65. The summed E-state index contributed by atoms with van der Waals surface area (Å²) in [6.07, 6.45) is -4.87. The van der Waals surface area contributed by atoms with E-state index in [4.69, 9.17) is 0 Å². The Morgan fingerprint density at radius 1 is 1.19 bits per heavy atom. The maximum Gasteiger partial charge on any atom is 0.573 e. The number of alkyl halides is 5. The van der Waals surface area contributed by atoms with Crippen LogP contribution in [0.1, 0.15) is 0 Å². The zero-order valence-electron chi connectivity index (χ0n) is 7.39. The standard InChI is InChI=1S/C8H4F5IO2/c9-7(10)15-6-3-4(1-2-5(6)14)16-8(11,12)13/h1-3,7H. The quantitative estimate of drug-likeness (QED) is 0.608. The molecule has 0 fully saturated rings. The molecule has 0 amide bonds. The fourth-order valence-electron chi connectivity index (χ4n) is 0.867. The lowest BCUT2D eigenvalue weighted by atomic mass is 10.3. The molecule has 0 heterocycles. The molecule has 0 aliphatic heterocycles. The highest BCUT2D eigenvalue weighted by molar-refractivity contribution is 14.1. The van der Waals surface area contributed by atoms with Gasteiger partial charge in [0.1, 0.15) is 11.5 Å². The van der Waals surface area contributed by atoms with Crippen LogP contribution in [0.5, 0.6) is 11.5 Å². The average Bonchev–Trinajstić information content (AvgIpc) is 2.07. The molecular formula is C8H4F5IO2. The summed E-state index contributed by atoms with van der Waals surface area (Å²) in [5, 5.41) is 0. The molecule has 0 aromatic heterocycles. The summed E-state index contributed by atoms with van der Waals surface area (Å²) in [5.41, 5.74) is 0. The van der Waals surface area contributed by atoms with Gasteiger partial charge in [-0.2, -0.15) is 8.78 Å². The molecule has 1 aromatic carbocycles. The van der Waals surface area contributed by atoms with Gasteiger partial charge in [-0.1, -0.05) is 0 Å². The molecule has 1 rings (SSSR count). The van der Waals surface area contributed by atoms with Crippen molar-refractivity contribution in [3.05, 3.63) is 21.8 Å². The van der Waals surface area contributed by atoms with Crippen LogP contribution in [0.2, 0.25) is 0 Å². The molecule has 0 saturated heterocycles. The van der Waals surface area contributed by atoms with Crippen LogP contribution in [0.25, 0.3) is 0 Å². The molecular weight excluding hydrogens is 350 g/mol. The summed E-state index contributed by atoms with van der Waals surface area (Å²) in [5.74, 6) is -0.971. The highest BCUT2D eigenvalue weighted by atomic mass is 127. The van der Waals surface area contributed by atoms with E-state index in [9.17, 15) is 22.0 Å². The molecule has 0 atom stereocenters. The third kappa shape index (κ3) is 4.37. The summed E-state index contributed by atoms with van der Waals surface area (Å²) in [4.78, 5) is 0. The summed E-state index contributed by atoms with van der Waals surface area (Å²) in [6.45, 7) is -3.10. The zero-order chi connectivity index (χ0) is 12.3. The van der Waals surface area contributed by atoms with E-state index < -0.39 is 18.7 Å². The predicted octanol–water partition coefficient (Wildman–Crippen LogP) is 3.79. The molecule has 0 N–H and O–H groups in total. The monoisotopic (exact) mass is 354 g/mol. The molecule has 16 heavy (non-hydrogen) atoms. The van der Waals surface area contributed by atoms with Gasteiger partial charge in [0, 0.05) is 6.07 Å². The van der Waals surface area contributed by atoms with E-state index in [1.54, 1.807) is 22.6 Å². The molecule has 0 spiro atoms. The third-order valence-electron chi connectivity index (χ3n) is 1.35. The smallest absolute Gasteiger partial charge is 0.434 e. The zero-order valence-corrected chi connectivity index (χ0v) is 9.55. The molecule has 2 nitrogen and oxygen atoms in total. The second-order valence-corrected chi connectivity index (χ2v) is 3.68. The van der Waals surface area contributed by atoms with Crippen molar-refractivity contribution in [1.29, 1.82) is 0 Å². The Morgan fingerprint density at radius 3 is 2.31 bits per heavy atom. The molecule has 0 saturated carbocycles. The van der Waals surface area contributed by atoms with Crippen LogP contribution >= 0.6 is 22.6 Å². The summed E-state index contributed by atoms with van der Waals surface area (Å²) < 4.78 is 67.1. The first-order valence-electron chi connectivity index (χ1n) is 3.78. The lowest BCUT2D eigenvalue weighted by molar-refractivity contribution is -0.274. The first-order chi connectivity index (χ1) is 7.28. The number of hydrogen-bond acceptors (Lipinski definition) is 2. The van der Waals surface area contributed by atoms with E-state index >= 15 is 0 Å². The maximum absolute atomic E-state index is 11.9. The highest BCUT2D eigenvalue weighted by Gasteiger charge is 2.31. The van der Waals surface area contributed by atoms with Crippen molar-refractivity contribution in [3.63, 3.8) is 0 Å². The van der Waals surface area contributed by atoms with Crippen LogP contribution in [0, 0.1) is 3.57 Å². The Balaban J connectivity index is 2.89. The number of hydrogen-bond donors (Lipinski definition) is 0. The Labute approximate surface area is 100 Å². The number of rotatable bonds is 3. The maximum atomic E-state index is 11.9. The molecule has 1 aromatic rings. The lowest BCUT2D eigenvalue weighted by Gasteiger charge is -2.11. The first kappa shape index (κ1) is 13.3. The first-order valence-corrected chi connectivity index (χ1v) is 4.86. The SMILES string of the molecule is FC(F)Oc1cc(OC(F)(F)F)ccc1I. The Bertz CT molecular complexity index is 366. The Morgan fingerprint density at radius 2 is 1.81 bits per heavy atom. The Kier molecular flexibility index (Phi) is 4.16. The van der Waals surface area contributed by atoms with Crippen molar-refractivity contribution in [2.75, 3.05) is 0 Å². The van der Waals surface area contributed by atoms with E-state index in [0.717, 1.165) is 12.1 Å². The van der Waals surface area contributed by atoms with Gasteiger partial charge in [-0.25, -0.2) is 0 Å². The fraction of sp³-hybridized carbons (Fsp3) is 0.250. The van der Waals surface area contributed by atoms with Crippen molar-refractivity contribution in [2.24, 2.45) is 0 Å². The van der Waals surface area contributed by atoms with E-state index in [1.807, 2.05) is 0 Å². The highest BCUT2D eigenvalue weighted by Crippen LogP contribution is 2.30. The van der Waals surface area contributed by atoms with Gasteiger partial charge in [-0.3, -0.25) is 0 Å². The second kappa shape index (κ2) is 5.02. The number of halogens is 6. The van der Waals surface area contributed by atoms with E-state index in [-0.39, 0.29) is 9.32 Å². The minimum atomic E-state index is -4.87. The van der Waals surface area contributed by atoms with Gasteiger partial charge >= 0.3 is 13.0 Å². The molecule has 90 valence electrons. The van der Waals surface area contributed by atoms with Crippen LogP contribution < -0.4 is 9.47 Å². The third-order valence-corrected chi connectivity index (χ3v) is 2.24. The lowest BCUT2D eigenvalue weighted by Crippen LogP contribution is -2.17. The normalized spacial score (nSPS) is 11.7. The van der Waals surface area contributed by atoms with Crippen molar-refractivity contribution in [2.45, 2.75) is 13.0 Å². The van der Waals surface area contributed by atoms with Crippen molar-refractivity contribution in [1.82, 2.24) is 0 Å². The number of ether oxygens (including phenoxy) is 2. The largest absolute Gasteiger partial charge is 0.573 e. The predicted molar refractivity (Wildman–Crippen MR) is 52.5 cm³/mol. The van der Waals surface area contributed by atoms with Crippen LogP contribution in [0.15, 0.2) is 18.2 Å². The molecule has 0 bridgehead atoms. The van der Waals surface area contributed by atoms with E-state index in [2.05, 4.69) is 9.47 Å². The van der Waals surface area contributed by atoms with Crippen LogP contribution in [-0.4, -0.2) is 13.0 Å². The van der Waals surface area contributed by atoms with Gasteiger partial charge < -0.3 is 9.47 Å². The summed E-state index contributed by atoms with van der Waals surface area (Å²) in [6, 6.07) is 2.94. The topological polar surface area (TPSA) is 18.5 Å². The molecule has 0 radical (unpaired) electrons. The van der Waals surface area contributed by atoms with E-state index in [1.165, 1.54) is 6.07 Å². The molecule has 0 unspecified atom stereocenters. The van der Waals surface area contributed by atoms with Crippen molar-refractivity contribution in [3.8, 4) is 11.5 Å². The van der Waals surface area contributed by atoms with Crippen molar-refractivity contribution < 1.29 is 31.4 Å². The van der Waals surface area contributed by atoms with Gasteiger partial charge in [0.15, 0.2) is 0 Å². The van der Waals surface area contributed by atoms with Crippen LogP contribution in [0.3, 0.4) is 0 Å². The average molecular weight is 354 g/mol. The summed E-state index contributed by atoms with van der Waals surface area (Å²) in [7, 11) is 0. The van der Waals surface area contributed by atoms with Gasteiger partial charge in [0.2, 0.25) is 0 Å². The van der Waals surface area contributed by atoms with Gasteiger partial charge in [0.25, 0.3) is 0 Å². The molecule has 8 heteroatoms. The van der Waals surface area contributed by atoms with Crippen molar-refractivity contribution >= 4 is 22.6 Å². The van der Waals surface area contributed by atoms with Gasteiger partial charge in [-0.15, -0.1) is 13.2 Å². The fourth-order valence-corrected chi connectivity index (χ4v) is 1.33. The molecule has 0 aliphatic carbocycles. The van der Waals surface area contributed by atoms with Gasteiger partial charge in [-0.05, 0) is 34.7 Å². The van der Waals surface area contributed by atoms with Crippen LogP contribution in [0.4, 0.5) is 22.0 Å². The Hall–Kier alpha value is -0.800. The number of benzene rings is 1. The van der Waals surface area contributed by atoms with Crippen LogP contribution in [-0.2, 0) is 0 Å². The minimum Gasteiger partial charge on any atom is -0.434 e. The van der Waals surface area contributed by atoms with E-state index in [0.29, 0.717) is 0 Å². The minimum absolute atomic E-state index is 0.257. The molecule has 0 aliphatic rings.